The molecule has 0 aliphatic heterocycles. The fraction of sp³-hybridized carbons (Fsp3) is 0. The molecule has 12 rings (SSSR count). The van der Waals surface area contributed by atoms with Crippen molar-refractivity contribution >= 4 is 59.9 Å². The van der Waals surface area contributed by atoms with Crippen molar-refractivity contribution in [2.75, 3.05) is 0 Å². The first kappa shape index (κ1) is 32.5. The van der Waals surface area contributed by atoms with Gasteiger partial charge in [0.05, 0.1) is 33.3 Å². The minimum absolute atomic E-state index is 0.874. The highest BCUT2D eigenvalue weighted by atomic mass is 15.1. The predicted octanol–water partition coefficient (Wildman–Crippen LogP) is 14.6. The molecule has 0 spiro atoms. The Morgan fingerprint density at radius 2 is 0.810 bits per heavy atom. The van der Waals surface area contributed by atoms with Gasteiger partial charge in [0.1, 0.15) is 5.82 Å². The molecule has 0 bridgehead atoms. The lowest BCUT2D eigenvalue weighted by molar-refractivity contribution is 1.08. The van der Waals surface area contributed by atoms with Crippen molar-refractivity contribution in [2.24, 2.45) is 0 Å². The lowest BCUT2D eigenvalue weighted by atomic mass is 9.97. The Hall–Kier alpha value is -7.75. The summed E-state index contributed by atoms with van der Waals surface area (Å²) in [5.74, 6) is 0.874. The number of nitrogens with zero attached hydrogens (tertiary/aromatic N) is 3. The van der Waals surface area contributed by atoms with Crippen LogP contribution in [0.4, 0.5) is 0 Å². The third-order valence-electron chi connectivity index (χ3n) is 11.8. The lowest BCUT2D eigenvalue weighted by Crippen LogP contribution is -2.02. The van der Waals surface area contributed by atoms with Gasteiger partial charge in [0.25, 0.3) is 0 Å². The van der Waals surface area contributed by atoms with E-state index in [4.69, 9.17) is 4.98 Å². The van der Waals surface area contributed by atoms with E-state index in [-0.39, 0.29) is 0 Å². The number of benzene rings is 8. The standard InChI is InChI=1S/C55H35N3/c1-3-15-36(16-4-1)38-20-13-22-40(31-38)43-33-49(41-23-14-21-39(32-41)37-17-5-2-6-18-37)56-53(35-43)58-51-28-12-10-26-46(51)48-30-29-47-44-24-8-9-25-45(44)52-34-42-19-7-11-27-50(42)57(52)54(47)55(48)58/h1-35H. The summed E-state index contributed by atoms with van der Waals surface area (Å²) in [7, 11) is 0. The zero-order valence-electron chi connectivity index (χ0n) is 31.5. The molecule has 0 N–H and O–H groups in total. The zero-order valence-corrected chi connectivity index (χ0v) is 31.5. The summed E-state index contributed by atoms with van der Waals surface area (Å²) in [5.41, 5.74) is 14.8. The number of fused-ring (bicyclic) bond motifs is 12. The molecule has 4 aromatic heterocycles. The highest BCUT2D eigenvalue weighted by Crippen LogP contribution is 2.42. The maximum absolute atomic E-state index is 5.64. The molecule has 0 saturated carbocycles. The molecule has 3 nitrogen and oxygen atoms in total. The van der Waals surface area contributed by atoms with Gasteiger partial charge in [0, 0.05) is 32.5 Å². The Morgan fingerprint density at radius 1 is 0.293 bits per heavy atom. The first-order valence-electron chi connectivity index (χ1n) is 19.9. The summed E-state index contributed by atoms with van der Waals surface area (Å²) in [6.45, 7) is 0. The second-order valence-corrected chi connectivity index (χ2v) is 15.2. The van der Waals surface area contributed by atoms with E-state index in [0.29, 0.717) is 0 Å². The van der Waals surface area contributed by atoms with Crippen LogP contribution in [0.5, 0.6) is 0 Å². The number of para-hydroxylation sites is 2. The second kappa shape index (κ2) is 12.9. The van der Waals surface area contributed by atoms with Crippen molar-refractivity contribution in [3.8, 4) is 50.5 Å². The zero-order chi connectivity index (χ0) is 38.2. The molecule has 0 fully saturated rings. The summed E-state index contributed by atoms with van der Waals surface area (Å²) in [6.07, 6.45) is 0. The minimum atomic E-state index is 0.874. The molecule has 270 valence electrons. The average molecular weight is 738 g/mol. The molecule has 3 heteroatoms. The van der Waals surface area contributed by atoms with Crippen LogP contribution in [0.3, 0.4) is 0 Å². The van der Waals surface area contributed by atoms with Gasteiger partial charge in [-0.05, 0) is 81.2 Å². The van der Waals surface area contributed by atoms with E-state index in [9.17, 15) is 0 Å². The van der Waals surface area contributed by atoms with Crippen LogP contribution < -0.4 is 0 Å². The van der Waals surface area contributed by atoms with Crippen molar-refractivity contribution in [3.63, 3.8) is 0 Å². The molecule has 0 atom stereocenters. The number of pyridine rings is 2. The van der Waals surface area contributed by atoms with Gasteiger partial charge < -0.3 is 4.40 Å². The fourth-order valence-corrected chi connectivity index (χ4v) is 9.20. The molecule has 0 aliphatic rings. The average Bonchev–Trinajstić information content (AvgIpc) is 3.86. The van der Waals surface area contributed by atoms with Crippen molar-refractivity contribution in [1.82, 2.24) is 14.0 Å². The Labute approximate surface area is 335 Å². The number of hydrogen-bond donors (Lipinski definition) is 0. The summed E-state index contributed by atoms with van der Waals surface area (Å²) < 4.78 is 4.91. The maximum Gasteiger partial charge on any atom is 0.138 e. The third-order valence-corrected chi connectivity index (χ3v) is 11.8. The molecule has 0 radical (unpaired) electrons. The molecule has 0 amide bonds. The normalized spacial score (nSPS) is 11.8. The molecule has 58 heavy (non-hydrogen) atoms. The largest absolute Gasteiger partial charge is 0.307 e. The number of rotatable bonds is 5. The lowest BCUT2D eigenvalue weighted by Gasteiger charge is -2.16. The van der Waals surface area contributed by atoms with E-state index in [1.165, 1.54) is 65.6 Å². The first-order valence-corrected chi connectivity index (χ1v) is 19.9. The maximum atomic E-state index is 5.64. The van der Waals surface area contributed by atoms with Crippen molar-refractivity contribution in [3.05, 3.63) is 212 Å². The van der Waals surface area contributed by atoms with Crippen LogP contribution in [-0.2, 0) is 0 Å². The Kier molecular flexibility index (Phi) is 7.23. The van der Waals surface area contributed by atoms with Crippen LogP contribution in [0, 0.1) is 0 Å². The van der Waals surface area contributed by atoms with Gasteiger partial charge in [-0.3, -0.25) is 4.57 Å². The summed E-state index contributed by atoms with van der Waals surface area (Å²) in [6, 6.07) is 76.8. The van der Waals surface area contributed by atoms with Crippen molar-refractivity contribution in [2.45, 2.75) is 0 Å². The summed E-state index contributed by atoms with van der Waals surface area (Å²) in [5, 5.41) is 7.31. The number of aromatic nitrogens is 3. The van der Waals surface area contributed by atoms with Crippen LogP contribution in [0.1, 0.15) is 0 Å². The predicted molar refractivity (Wildman–Crippen MR) is 244 cm³/mol. The molecule has 0 unspecified atom stereocenters. The fourth-order valence-electron chi connectivity index (χ4n) is 9.20. The van der Waals surface area contributed by atoms with Crippen molar-refractivity contribution in [1.29, 1.82) is 0 Å². The van der Waals surface area contributed by atoms with Crippen LogP contribution in [-0.4, -0.2) is 14.0 Å². The molecule has 4 heterocycles. The SMILES string of the molecule is c1ccc(-c2cccc(-c3cc(-c4cccc(-c5ccccc5)c4)nc(-n4c5ccccc5c5ccc6c7ccccc7c7cc8ccccc8n7c6c54)c3)c2)cc1. The molecule has 12 aromatic rings. The highest BCUT2D eigenvalue weighted by molar-refractivity contribution is 6.25. The summed E-state index contributed by atoms with van der Waals surface area (Å²) in [4.78, 5) is 5.64. The van der Waals surface area contributed by atoms with Gasteiger partial charge in [-0.2, -0.15) is 0 Å². The molecular formula is C55H35N3. The molecule has 0 saturated heterocycles. The smallest absolute Gasteiger partial charge is 0.138 e. The van der Waals surface area contributed by atoms with Crippen LogP contribution >= 0.6 is 0 Å². The summed E-state index contributed by atoms with van der Waals surface area (Å²) >= 11 is 0. The number of hydrogen-bond acceptors (Lipinski definition) is 1. The van der Waals surface area contributed by atoms with Crippen LogP contribution in [0.25, 0.3) is 110 Å². The van der Waals surface area contributed by atoms with E-state index in [0.717, 1.165) is 44.8 Å². The quantitative estimate of drug-likeness (QED) is 0.161. The third kappa shape index (κ3) is 5.04. The second-order valence-electron chi connectivity index (χ2n) is 15.2. The van der Waals surface area contributed by atoms with Crippen molar-refractivity contribution < 1.29 is 0 Å². The van der Waals surface area contributed by atoms with E-state index < -0.39 is 0 Å². The molecular weight excluding hydrogens is 703 g/mol. The van der Waals surface area contributed by atoms with E-state index in [1.54, 1.807) is 0 Å². The van der Waals surface area contributed by atoms with Gasteiger partial charge >= 0.3 is 0 Å². The van der Waals surface area contributed by atoms with Gasteiger partial charge in [-0.25, -0.2) is 4.98 Å². The van der Waals surface area contributed by atoms with E-state index in [1.807, 2.05) is 0 Å². The first-order chi connectivity index (χ1) is 28.8. The topological polar surface area (TPSA) is 22.2 Å². The Balaban J connectivity index is 1.21. The van der Waals surface area contributed by atoms with Gasteiger partial charge in [-0.1, -0.05) is 170 Å². The Morgan fingerprint density at radius 3 is 1.52 bits per heavy atom. The van der Waals surface area contributed by atoms with Crippen LogP contribution in [0.15, 0.2) is 212 Å². The van der Waals surface area contributed by atoms with Gasteiger partial charge in [-0.15, -0.1) is 0 Å². The highest BCUT2D eigenvalue weighted by Gasteiger charge is 2.22. The minimum Gasteiger partial charge on any atom is -0.307 e. The monoisotopic (exact) mass is 737 g/mol. The molecule has 0 aliphatic carbocycles. The van der Waals surface area contributed by atoms with E-state index in [2.05, 4.69) is 221 Å². The Bertz CT molecular complexity index is 3460. The van der Waals surface area contributed by atoms with Crippen LogP contribution in [0.2, 0.25) is 0 Å². The van der Waals surface area contributed by atoms with E-state index >= 15 is 0 Å². The van der Waals surface area contributed by atoms with Gasteiger partial charge in [0.2, 0.25) is 0 Å². The van der Waals surface area contributed by atoms with Gasteiger partial charge in [0.15, 0.2) is 0 Å². The molecule has 8 aromatic carbocycles.